The van der Waals surface area contributed by atoms with Crippen molar-refractivity contribution in [3.63, 3.8) is 0 Å². The van der Waals surface area contributed by atoms with Crippen LogP contribution in [0.4, 0.5) is 0 Å². The van der Waals surface area contributed by atoms with Crippen LogP contribution >= 0.6 is 0 Å². The maximum absolute atomic E-state index is 9.86. The molecule has 0 aromatic carbocycles. The Morgan fingerprint density at radius 2 is 2.32 bits per heavy atom. The molecule has 6 nitrogen and oxygen atoms in total. The van der Waals surface area contributed by atoms with Crippen molar-refractivity contribution in [2.75, 3.05) is 6.61 Å². The van der Waals surface area contributed by atoms with Gasteiger partial charge in [-0.05, 0) is 31.9 Å². The number of aromatic nitrogens is 3. The van der Waals surface area contributed by atoms with Gasteiger partial charge in [0.2, 0.25) is 0 Å². The Morgan fingerprint density at radius 1 is 1.45 bits per heavy atom. The number of hydrogen-bond acceptors (Lipinski definition) is 5. The van der Waals surface area contributed by atoms with E-state index in [4.69, 9.17) is 4.74 Å². The van der Waals surface area contributed by atoms with E-state index in [0.29, 0.717) is 18.3 Å². The van der Waals surface area contributed by atoms with Crippen LogP contribution < -0.4 is 5.32 Å². The van der Waals surface area contributed by atoms with E-state index in [-0.39, 0.29) is 11.9 Å². The van der Waals surface area contributed by atoms with E-state index in [0.717, 1.165) is 30.8 Å². The second-order valence-electron chi connectivity index (χ2n) is 5.81. The molecule has 0 saturated carbocycles. The van der Waals surface area contributed by atoms with E-state index < -0.39 is 0 Å². The molecule has 1 aliphatic heterocycles. The van der Waals surface area contributed by atoms with E-state index in [9.17, 15) is 5.11 Å². The maximum atomic E-state index is 9.86. The SMILES string of the molecule is Cc1ccc(O)c(CNC2CCOC(c3cncn3C)C2)n1. The van der Waals surface area contributed by atoms with Gasteiger partial charge < -0.3 is 19.7 Å². The van der Waals surface area contributed by atoms with E-state index in [1.807, 2.05) is 30.8 Å². The lowest BCUT2D eigenvalue weighted by molar-refractivity contribution is -0.00411. The van der Waals surface area contributed by atoms with Crippen molar-refractivity contribution >= 4 is 0 Å². The number of imidazole rings is 1. The number of nitrogens with zero attached hydrogens (tertiary/aromatic N) is 3. The number of aromatic hydroxyl groups is 1. The Kier molecular flexibility index (Phi) is 4.40. The minimum Gasteiger partial charge on any atom is -0.506 e. The number of ether oxygens (including phenoxy) is 1. The Balaban J connectivity index is 1.61. The minimum absolute atomic E-state index is 0.0674. The molecule has 3 rings (SSSR count). The number of rotatable bonds is 4. The lowest BCUT2D eigenvalue weighted by Gasteiger charge is -2.30. The summed E-state index contributed by atoms with van der Waals surface area (Å²) in [6, 6.07) is 3.85. The second kappa shape index (κ2) is 6.46. The predicted molar refractivity (Wildman–Crippen MR) is 82.4 cm³/mol. The van der Waals surface area contributed by atoms with Gasteiger partial charge in [-0.1, -0.05) is 0 Å². The smallest absolute Gasteiger partial charge is 0.138 e. The summed E-state index contributed by atoms with van der Waals surface area (Å²) >= 11 is 0. The normalized spacial score (nSPS) is 21.9. The number of pyridine rings is 1. The van der Waals surface area contributed by atoms with Gasteiger partial charge >= 0.3 is 0 Å². The van der Waals surface area contributed by atoms with Crippen LogP contribution in [0.5, 0.6) is 5.75 Å². The second-order valence-corrected chi connectivity index (χ2v) is 5.81. The van der Waals surface area contributed by atoms with Gasteiger partial charge in [-0.2, -0.15) is 0 Å². The third-order valence-electron chi connectivity index (χ3n) is 4.12. The van der Waals surface area contributed by atoms with Crippen molar-refractivity contribution in [3.8, 4) is 5.75 Å². The largest absolute Gasteiger partial charge is 0.506 e. The predicted octanol–water partition coefficient (Wildman–Crippen LogP) is 1.84. The lowest BCUT2D eigenvalue weighted by Crippen LogP contribution is -2.36. The molecule has 0 bridgehead atoms. The molecule has 3 heterocycles. The molecule has 1 aliphatic rings. The van der Waals surface area contributed by atoms with Gasteiger partial charge in [0.15, 0.2) is 0 Å². The molecule has 2 aromatic heterocycles. The highest BCUT2D eigenvalue weighted by Gasteiger charge is 2.25. The summed E-state index contributed by atoms with van der Waals surface area (Å²) < 4.78 is 7.86. The topological polar surface area (TPSA) is 72.2 Å². The first-order chi connectivity index (χ1) is 10.6. The van der Waals surface area contributed by atoms with E-state index in [1.165, 1.54) is 0 Å². The zero-order valence-electron chi connectivity index (χ0n) is 13.0. The van der Waals surface area contributed by atoms with Crippen LogP contribution in [0.3, 0.4) is 0 Å². The van der Waals surface area contributed by atoms with Gasteiger partial charge in [-0.3, -0.25) is 4.98 Å². The van der Waals surface area contributed by atoms with Crippen LogP contribution in [-0.4, -0.2) is 32.3 Å². The van der Waals surface area contributed by atoms with Crippen LogP contribution in [0, 0.1) is 6.92 Å². The van der Waals surface area contributed by atoms with E-state index in [2.05, 4.69) is 15.3 Å². The average molecular weight is 302 g/mol. The fourth-order valence-electron chi connectivity index (χ4n) is 2.84. The molecule has 1 fully saturated rings. The summed E-state index contributed by atoms with van der Waals surface area (Å²) in [6.07, 6.45) is 5.58. The van der Waals surface area contributed by atoms with Crippen molar-refractivity contribution in [2.45, 2.75) is 38.5 Å². The van der Waals surface area contributed by atoms with Gasteiger partial charge in [0, 0.05) is 31.9 Å². The Bertz CT molecular complexity index is 641. The van der Waals surface area contributed by atoms with Crippen molar-refractivity contribution in [1.29, 1.82) is 0 Å². The molecule has 2 N–H and O–H groups in total. The lowest BCUT2D eigenvalue weighted by atomic mass is 10.0. The van der Waals surface area contributed by atoms with Crippen LogP contribution in [0.2, 0.25) is 0 Å². The van der Waals surface area contributed by atoms with Gasteiger partial charge in [0.25, 0.3) is 0 Å². The van der Waals surface area contributed by atoms with Crippen LogP contribution in [0.15, 0.2) is 24.7 Å². The van der Waals surface area contributed by atoms with E-state index >= 15 is 0 Å². The first kappa shape index (κ1) is 15.0. The molecule has 0 amide bonds. The molecule has 22 heavy (non-hydrogen) atoms. The fraction of sp³-hybridized carbons (Fsp3) is 0.500. The average Bonchev–Trinajstić information content (AvgIpc) is 2.95. The zero-order valence-corrected chi connectivity index (χ0v) is 13.0. The summed E-state index contributed by atoms with van der Waals surface area (Å²) in [7, 11) is 1.98. The van der Waals surface area contributed by atoms with Gasteiger partial charge in [-0.25, -0.2) is 4.98 Å². The Labute approximate surface area is 130 Å². The van der Waals surface area contributed by atoms with Crippen LogP contribution in [0.1, 0.15) is 36.0 Å². The standard InChI is InChI=1S/C16H22N4O2/c1-11-3-4-15(21)13(19-11)8-18-12-5-6-22-16(7-12)14-9-17-10-20(14)2/h3-4,9-10,12,16,18,21H,5-8H2,1-2H3. The van der Waals surface area contributed by atoms with E-state index in [1.54, 1.807) is 12.4 Å². The molecule has 2 aromatic rings. The Hall–Kier alpha value is -1.92. The molecular formula is C16H22N4O2. The highest BCUT2D eigenvalue weighted by atomic mass is 16.5. The minimum atomic E-state index is 0.0674. The molecule has 2 unspecified atom stereocenters. The van der Waals surface area contributed by atoms with Gasteiger partial charge in [0.05, 0.1) is 23.9 Å². The first-order valence-electron chi connectivity index (χ1n) is 7.60. The van der Waals surface area contributed by atoms with Crippen molar-refractivity contribution in [2.24, 2.45) is 7.05 Å². The van der Waals surface area contributed by atoms with Crippen LogP contribution in [-0.2, 0) is 18.3 Å². The molecule has 6 heteroatoms. The number of aryl methyl sites for hydroxylation is 2. The summed E-state index contributed by atoms with van der Waals surface area (Å²) in [5, 5.41) is 13.3. The van der Waals surface area contributed by atoms with Crippen molar-refractivity contribution < 1.29 is 9.84 Å². The Morgan fingerprint density at radius 3 is 3.09 bits per heavy atom. The van der Waals surface area contributed by atoms with Crippen LogP contribution in [0.25, 0.3) is 0 Å². The maximum Gasteiger partial charge on any atom is 0.138 e. The van der Waals surface area contributed by atoms with Crippen molar-refractivity contribution in [3.05, 3.63) is 41.7 Å². The summed E-state index contributed by atoms with van der Waals surface area (Å²) in [6.45, 7) is 3.22. The highest BCUT2D eigenvalue weighted by Crippen LogP contribution is 2.28. The summed E-state index contributed by atoms with van der Waals surface area (Å²) in [4.78, 5) is 8.54. The molecule has 0 aliphatic carbocycles. The quantitative estimate of drug-likeness (QED) is 0.901. The van der Waals surface area contributed by atoms with Gasteiger partial charge in [-0.15, -0.1) is 0 Å². The number of nitrogens with one attached hydrogen (secondary N) is 1. The van der Waals surface area contributed by atoms with Crippen molar-refractivity contribution in [1.82, 2.24) is 19.9 Å². The molecule has 118 valence electrons. The molecule has 0 radical (unpaired) electrons. The molecule has 0 spiro atoms. The number of hydrogen-bond donors (Lipinski definition) is 2. The first-order valence-corrected chi connectivity index (χ1v) is 7.60. The summed E-state index contributed by atoms with van der Waals surface area (Å²) in [5.74, 6) is 0.244. The molecular weight excluding hydrogens is 280 g/mol. The highest BCUT2D eigenvalue weighted by molar-refractivity contribution is 5.27. The summed E-state index contributed by atoms with van der Waals surface area (Å²) in [5.41, 5.74) is 2.71. The third-order valence-corrected chi connectivity index (χ3v) is 4.12. The zero-order chi connectivity index (χ0) is 15.5. The monoisotopic (exact) mass is 302 g/mol. The third kappa shape index (κ3) is 3.28. The van der Waals surface area contributed by atoms with Gasteiger partial charge in [0.1, 0.15) is 11.9 Å². The molecule has 1 saturated heterocycles. The fourth-order valence-corrected chi connectivity index (χ4v) is 2.84. The molecule has 2 atom stereocenters.